The Hall–Kier alpha value is -1.71. The molecule has 1 aromatic carbocycles. The van der Waals surface area contributed by atoms with Gasteiger partial charge in [0.1, 0.15) is 11.6 Å². The number of carbonyl (C=O) groups excluding carboxylic acids is 1. The molecule has 0 spiro atoms. The van der Waals surface area contributed by atoms with Crippen molar-refractivity contribution in [2.24, 2.45) is 16.4 Å². The van der Waals surface area contributed by atoms with E-state index in [0.29, 0.717) is 6.42 Å². The third kappa shape index (κ3) is 2.15. The minimum absolute atomic E-state index is 0.0268. The number of ketones is 1. The number of benzene rings is 1. The number of halogens is 1. The molecule has 3 nitrogen and oxygen atoms in total. The van der Waals surface area contributed by atoms with Crippen LogP contribution in [0.2, 0.25) is 0 Å². The van der Waals surface area contributed by atoms with Gasteiger partial charge in [-0.25, -0.2) is 4.39 Å². The fraction of sp³-hybridized carbons (Fsp3) is 0.467. The number of hydrazone groups is 1. The van der Waals surface area contributed by atoms with Crippen molar-refractivity contribution in [3.63, 3.8) is 0 Å². The lowest BCUT2D eigenvalue weighted by Gasteiger charge is -2.36. The van der Waals surface area contributed by atoms with Gasteiger partial charge >= 0.3 is 0 Å². The molecule has 1 N–H and O–H groups in total. The first-order valence-electron chi connectivity index (χ1n) is 6.58. The zero-order valence-electron chi connectivity index (χ0n) is 11.1. The van der Waals surface area contributed by atoms with E-state index >= 15 is 0 Å². The molecular formula is C15H17FN2O. The summed E-state index contributed by atoms with van der Waals surface area (Å²) in [7, 11) is 0. The summed E-state index contributed by atoms with van der Waals surface area (Å²) in [4.78, 5) is 12.3. The molecule has 1 aliphatic heterocycles. The van der Waals surface area contributed by atoms with Crippen LogP contribution in [0.4, 0.5) is 4.39 Å². The fourth-order valence-corrected chi connectivity index (χ4v) is 3.14. The molecule has 0 saturated heterocycles. The maximum absolute atomic E-state index is 13.0. The van der Waals surface area contributed by atoms with Crippen molar-refractivity contribution in [2.45, 2.75) is 32.7 Å². The maximum atomic E-state index is 13.0. The van der Waals surface area contributed by atoms with Crippen molar-refractivity contribution >= 4 is 11.5 Å². The van der Waals surface area contributed by atoms with Gasteiger partial charge in [-0.1, -0.05) is 26.0 Å². The molecule has 0 aromatic heterocycles. The molecule has 2 unspecified atom stereocenters. The van der Waals surface area contributed by atoms with Crippen molar-refractivity contribution < 1.29 is 9.18 Å². The number of Topliss-reactive ketones (excluding diaryl/α,β-unsaturated/α-hetero) is 1. The molecule has 1 aliphatic carbocycles. The predicted molar refractivity (Wildman–Crippen MR) is 71.4 cm³/mol. The Bertz CT molecular complexity index is 548. The van der Waals surface area contributed by atoms with Gasteiger partial charge in [-0.15, -0.1) is 0 Å². The summed E-state index contributed by atoms with van der Waals surface area (Å²) < 4.78 is 13.0. The van der Waals surface area contributed by atoms with E-state index in [-0.39, 0.29) is 29.0 Å². The highest BCUT2D eigenvalue weighted by molar-refractivity contribution is 6.15. The van der Waals surface area contributed by atoms with Gasteiger partial charge in [0.15, 0.2) is 0 Å². The van der Waals surface area contributed by atoms with Gasteiger partial charge in [0.2, 0.25) is 0 Å². The second-order valence-electron chi connectivity index (χ2n) is 6.23. The van der Waals surface area contributed by atoms with Crippen LogP contribution in [0.25, 0.3) is 0 Å². The predicted octanol–water partition coefficient (Wildman–Crippen LogP) is 2.51. The Morgan fingerprint density at radius 1 is 1.32 bits per heavy atom. The molecule has 2 aliphatic rings. The Balaban J connectivity index is 1.90. The van der Waals surface area contributed by atoms with Crippen LogP contribution in [0.1, 0.15) is 32.3 Å². The summed E-state index contributed by atoms with van der Waals surface area (Å²) >= 11 is 0. The first-order chi connectivity index (χ1) is 8.96. The van der Waals surface area contributed by atoms with E-state index in [0.717, 1.165) is 17.7 Å². The van der Waals surface area contributed by atoms with Crippen molar-refractivity contribution in [1.82, 2.24) is 5.43 Å². The first-order valence-corrected chi connectivity index (χ1v) is 6.58. The Morgan fingerprint density at radius 2 is 2.00 bits per heavy atom. The number of hydrogen-bond acceptors (Lipinski definition) is 3. The van der Waals surface area contributed by atoms with Crippen molar-refractivity contribution in [3.05, 3.63) is 35.6 Å². The molecule has 2 atom stereocenters. The van der Waals surface area contributed by atoms with Gasteiger partial charge in [-0.05, 0) is 29.5 Å². The van der Waals surface area contributed by atoms with Gasteiger partial charge in [-0.3, -0.25) is 4.79 Å². The summed E-state index contributed by atoms with van der Waals surface area (Å²) in [5.74, 6) is -0.226. The zero-order chi connectivity index (χ0) is 13.6. The van der Waals surface area contributed by atoms with E-state index in [1.165, 1.54) is 12.1 Å². The number of hydrogen-bond donors (Lipinski definition) is 1. The average molecular weight is 260 g/mol. The fourth-order valence-electron chi connectivity index (χ4n) is 3.14. The topological polar surface area (TPSA) is 41.5 Å². The second kappa shape index (κ2) is 4.15. The maximum Gasteiger partial charge on any atom is 0.144 e. The van der Waals surface area contributed by atoms with Gasteiger partial charge in [-0.2, -0.15) is 5.10 Å². The molecule has 19 heavy (non-hydrogen) atoms. The van der Waals surface area contributed by atoms with Crippen LogP contribution in [-0.2, 0) is 4.79 Å². The van der Waals surface area contributed by atoms with Gasteiger partial charge < -0.3 is 5.43 Å². The average Bonchev–Trinajstić information content (AvgIpc) is 2.72. The molecule has 0 amide bonds. The summed E-state index contributed by atoms with van der Waals surface area (Å²) in [6, 6.07) is 6.26. The number of fused-ring (bicyclic) bond motifs is 1. The van der Waals surface area contributed by atoms with E-state index < -0.39 is 0 Å². The van der Waals surface area contributed by atoms with Gasteiger partial charge in [0.05, 0.1) is 17.7 Å². The Morgan fingerprint density at radius 3 is 2.68 bits per heavy atom. The smallest absolute Gasteiger partial charge is 0.144 e. The van der Waals surface area contributed by atoms with Crippen molar-refractivity contribution in [2.75, 3.05) is 0 Å². The summed E-state index contributed by atoms with van der Waals surface area (Å²) in [6.45, 7) is 4.22. The molecule has 1 saturated carbocycles. The van der Waals surface area contributed by atoms with Crippen LogP contribution in [0.5, 0.6) is 0 Å². The van der Waals surface area contributed by atoms with E-state index in [1.54, 1.807) is 12.1 Å². The molecule has 1 aromatic rings. The van der Waals surface area contributed by atoms with E-state index in [9.17, 15) is 9.18 Å². The highest BCUT2D eigenvalue weighted by atomic mass is 19.1. The summed E-state index contributed by atoms with van der Waals surface area (Å²) in [5, 5.41) is 4.32. The first kappa shape index (κ1) is 12.3. The molecule has 1 fully saturated rings. The number of rotatable bonds is 1. The van der Waals surface area contributed by atoms with Crippen molar-refractivity contribution in [1.29, 1.82) is 0 Å². The van der Waals surface area contributed by atoms with E-state index in [4.69, 9.17) is 0 Å². The van der Waals surface area contributed by atoms with Crippen LogP contribution < -0.4 is 5.43 Å². The van der Waals surface area contributed by atoms with Crippen molar-refractivity contribution in [3.8, 4) is 0 Å². The molecule has 4 heteroatoms. The largest absolute Gasteiger partial charge is 0.306 e. The SMILES string of the molecule is CC1(C)CC(=O)C2C(c3ccc(F)cc3)=NNC2C1. The lowest BCUT2D eigenvalue weighted by atomic mass is 9.68. The van der Waals surface area contributed by atoms with Crippen LogP contribution >= 0.6 is 0 Å². The third-order valence-corrected chi connectivity index (χ3v) is 3.96. The second-order valence-corrected chi connectivity index (χ2v) is 6.23. The van der Waals surface area contributed by atoms with E-state index in [1.807, 2.05) is 0 Å². The molecule has 1 heterocycles. The minimum atomic E-state index is -0.275. The number of nitrogens with zero attached hydrogens (tertiary/aromatic N) is 1. The monoisotopic (exact) mass is 260 g/mol. The van der Waals surface area contributed by atoms with Gasteiger partial charge in [0.25, 0.3) is 0 Å². The summed E-state index contributed by atoms with van der Waals surface area (Å²) in [6.07, 6.45) is 1.51. The van der Waals surface area contributed by atoms with Crippen LogP contribution in [-0.4, -0.2) is 17.5 Å². The zero-order valence-corrected chi connectivity index (χ0v) is 11.1. The lowest BCUT2D eigenvalue weighted by Crippen LogP contribution is -2.45. The molecule has 0 radical (unpaired) electrons. The molecular weight excluding hydrogens is 243 g/mol. The molecule has 3 rings (SSSR count). The Labute approximate surface area is 111 Å². The van der Waals surface area contributed by atoms with Gasteiger partial charge in [0, 0.05) is 6.42 Å². The number of carbonyl (C=O) groups is 1. The quantitative estimate of drug-likeness (QED) is 0.843. The lowest BCUT2D eigenvalue weighted by molar-refractivity contribution is -0.126. The molecule has 0 bridgehead atoms. The number of nitrogens with one attached hydrogen (secondary N) is 1. The van der Waals surface area contributed by atoms with Crippen LogP contribution in [0.15, 0.2) is 29.4 Å². The minimum Gasteiger partial charge on any atom is -0.306 e. The summed E-state index contributed by atoms with van der Waals surface area (Å²) in [5.41, 5.74) is 4.69. The van der Waals surface area contributed by atoms with E-state index in [2.05, 4.69) is 24.4 Å². The normalized spacial score (nSPS) is 28.6. The third-order valence-electron chi connectivity index (χ3n) is 3.96. The highest BCUT2D eigenvalue weighted by Gasteiger charge is 2.46. The standard InChI is InChI=1S/C15H17FN2O/c1-15(2)7-11-13(12(19)8-15)14(18-17-11)9-3-5-10(16)6-4-9/h3-6,11,13,17H,7-8H2,1-2H3. The highest BCUT2D eigenvalue weighted by Crippen LogP contribution is 2.39. The van der Waals surface area contributed by atoms with Crippen LogP contribution in [0.3, 0.4) is 0 Å². The molecule has 100 valence electrons. The van der Waals surface area contributed by atoms with Crippen LogP contribution in [0, 0.1) is 17.2 Å². The Kier molecular flexibility index (Phi) is 2.69.